The largest absolute Gasteiger partial charge is 0.490 e. The van der Waals surface area contributed by atoms with Crippen molar-refractivity contribution < 1.29 is 14.6 Å². The van der Waals surface area contributed by atoms with Crippen LogP contribution in [0.1, 0.15) is 13.8 Å². The zero-order chi connectivity index (χ0) is 15.1. The Morgan fingerprint density at radius 2 is 1.95 bits per heavy atom. The smallest absolute Gasteiger partial charge is 0.135 e. The van der Waals surface area contributed by atoms with Crippen molar-refractivity contribution in [3.05, 3.63) is 60.0 Å². The Hall–Kier alpha value is -2.22. The molecule has 0 radical (unpaired) electrons. The number of ether oxygens (including phenoxy) is 2. The molecular formula is C18H20O3. The van der Waals surface area contributed by atoms with E-state index in [1.165, 1.54) is 0 Å². The molecule has 0 saturated heterocycles. The monoisotopic (exact) mass is 284 g/mol. The molecule has 2 rings (SSSR count). The quantitative estimate of drug-likeness (QED) is 0.649. The predicted molar refractivity (Wildman–Crippen MR) is 84.3 cm³/mol. The van der Waals surface area contributed by atoms with E-state index in [1.54, 1.807) is 13.0 Å². The van der Waals surface area contributed by atoms with Crippen molar-refractivity contribution in [2.75, 3.05) is 13.2 Å². The van der Waals surface area contributed by atoms with Crippen molar-refractivity contribution in [1.82, 2.24) is 0 Å². The average Bonchev–Trinajstić information content (AvgIpc) is 2.51. The van der Waals surface area contributed by atoms with Crippen LogP contribution in [-0.4, -0.2) is 24.4 Å². The second-order valence-electron chi connectivity index (χ2n) is 4.74. The first-order valence-electron chi connectivity index (χ1n) is 7.00. The number of rotatable bonds is 6. The summed E-state index contributed by atoms with van der Waals surface area (Å²) >= 11 is 0. The predicted octanol–water partition coefficient (Wildman–Crippen LogP) is 3.67. The van der Waals surface area contributed by atoms with Crippen molar-refractivity contribution in [3.8, 4) is 5.75 Å². The number of aliphatic hydroxyl groups excluding tert-OH is 1. The zero-order valence-electron chi connectivity index (χ0n) is 12.4. The molecule has 3 nitrogen and oxygen atoms in total. The number of hydrogen-bond donors (Lipinski definition) is 1. The summed E-state index contributed by atoms with van der Waals surface area (Å²) in [6, 6.07) is 13.9. The third kappa shape index (κ3) is 4.38. The van der Waals surface area contributed by atoms with E-state index in [4.69, 9.17) is 9.47 Å². The zero-order valence-corrected chi connectivity index (χ0v) is 12.4. The Morgan fingerprint density at radius 3 is 2.76 bits per heavy atom. The van der Waals surface area contributed by atoms with E-state index in [-0.39, 0.29) is 13.2 Å². The average molecular weight is 284 g/mol. The maximum atomic E-state index is 9.90. The van der Waals surface area contributed by atoms with Gasteiger partial charge in [0.1, 0.15) is 30.8 Å². The van der Waals surface area contributed by atoms with Gasteiger partial charge in [0.05, 0.1) is 0 Å². The maximum absolute atomic E-state index is 9.90. The number of allylic oxidation sites excluding steroid dienone is 1. The number of benzene rings is 2. The summed E-state index contributed by atoms with van der Waals surface area (Å²) < 4.78 is 11.1. The van der Waals surface area contributed by atoms with Crippen LogP contribution in [0.5, 0.6) is 5.75 Å². The summed E-state index contributed by atoms with van der Waals surface area (Å²) in [7, 11) is 0. The standard InChI is InChI=1S/C18H20O3/c1-3-7-14(2)20-12-16(19)13-21-18-11-6-9-15-8-4-5-10-17(15)18/h3-6,8-11,16,19H,12-13H2,1-2H3. The number of aliphatic hydroxyl groups is 1. The van der Waals surface area contributed by atoms with E-state index in [0.29, 0.717) is 5.76 Å². The van der Waals surface area contributed by atoms with E-state index in [1.807, 2.05) is 49.4 Å². The molecule has 0 fully saturated rings. The Bertz CT molecular complexity index is 649. The molecule has 1 N–H and O–H groups in total. The highest BCUT2D eigenvalue weighted by Gasteiger charge is 2.08. The van der Waals surface area contributed by atoms with Crippen LogP contribution in [0.4, 0.5) is 0 Å². The summed E-state index contributed by atoms with van der Waals surface area (Å²) in [6.45, 7) is 4.06. The normalized spacial score (nSPS) is 11.6. The molecule has 0 amide bonds. The molecule has 0 aliphatic carbocycles. The maximum Gasteiger partial charge on any atom is 0.135 e. The minimum absolute atomic E-state index is 0.192. The van der Waals surface area contributed by atoms with Crippen LogP contribution in [0, 0.1) is 0 Å². The first-order valence-corrected chi connectivity index (χ1v) is 7.00. The second kappa shape index (κ2) is 7.53. The van der Waals surface area contributed by atoms with Crippen LogP contribution in [0.15, 0.2) is 60.0 Å². The van der Waals surface area contributed by atoms with Crippen molar-refractivity contribution in [1.29, 1.82) is 0 Å². The Balaban J connectivity index is 1.94. The molecule has 21 heavy (non-hydrogen) atoms. The minimum Gasteiger partial charge on any atom is -0.490 e. The van der Waals surface area contributed by atoms with Gasteiger partial charge in [-0.25, -0.2) is 0 Å². The van der Waals surface area contributed by atoms with E-state index in [0.717, 1.165) is 16.5 Å². The van der Waals surface area contributed by atoms with Gasteiger partial charge < -0.3 is 14.6 Å². The number of fused-ring (bicyclic) bond motifs is 1. The molecule has 2 aromatic rings. The van der Waals surface area contributed by atoms with E-state index < -0.39 is 6.10 Å². The summed E-state index contributed by atoms with van der Waals surface area (Å²) in [5, 5.41) is 12.1. The number of hydrogen-bond acceptors (Lipinski definition) is 3. The summed E-state index contributed by atoms with van der Waals surface area (Å²) in [5.41, 5.74) is 2.92. The lowest BCUT2D eigenvalue weighted by atomic mass is 10.1. The highest BCUT2D eigenvalue weighted by molar-refractivity contribution is 5.88. The lowest BCUT2D eigenvalue weighted by Crippen LogP contribution is -2.23. The third-order valence-corrected chi connectivity index (χ3v) is 3.02. The van der Waals surface area contributed by atoms with Crippen LogP contribution >= 0.6 is 0 Å². The highest BCUT2D eigenvalue weighted by Crippen LogP contribution is 2.25. The SMILES string of the molecule is CC=C=C(C)OCC(O)COc1cccc2ccccc12. The van der Waals surface area contributed by atoms with Crippen LogP contribution < -0.4 is 4.74 Å². The van der Waals surface area contributed by atoms with Crippen molar-refractivity contribution >= 4 is 10.8 Å². The molecule has 0 bridgehead atoms. The molecular weight excluding hydrogens is 264 g/mol. The summed E-state index contributed by atoms with van der Waals surface area (Å²) in [4.78, 5) is 0. The van der Waals surface area contributed by atoms with Crippen molar-refractivity contribution in [3.63, 3.8) is 0 Å². The van der Waals surface area contributed by atoms with Crippen LogP contribution in [0.3, 0.4) is 0 Å². The van der Waals surface area contributed by atoms with Gasteiger partial charge in [0.2, 0.25) is 0 Å². The van der Waals surface area contributed by atoms with Gasteiger partial charge in [-0.05, 0) is 24.5 Å². The van der Waals surface area contributed by atoms with Gasteiger partial charge >= 0.3 is 0 Å². The first kappa shape index (κ1) is 15.2. The van der Waals surface area contributed by atoms with Gasteiger partial charge in [0.25, 0.3) is 0 Å². The first-order chi connectivity index (χ1) is 10.2. The molecule has 0 aromatic heterocycles. The lowest BCUT2D eigenvalue weighted by molar-refractivity contribution is 0.0386. The van der Waals surface area contributed by atoms with E-state index in [9.17, 15) is 5.11 Å². The molecule has 2 aromatic carbocycles. The highest BCUT2D eigenvalue weighted by atomic mass is 16.5. The van der Waals surface area contributed by atoms with E-state index in [2.05, 4.69) is 5.73 Å². The fourth-order valence-electron chi connectivity index (χ4n) is 2.02. The van der Waals surface area contributed by atoms with Crippen molar-refractivity contribution in [2.24, 2.45) is 0 Å². The second-order valence-corrected chi connectivity index (χ2v) is 4.74. The summed E-state index contributed by atoms with van der Waals surface area (Å²) in [5.74, 6) is 1.43. The van der Waals surface area contributed by atoms with Gasteiger partial charge in [-0.15, -0.1) is 0 Å². The van der Waals surface area contributed by atoms with Crippen molar-refractivity contribution in [2.45, 2.75) is 20.0 Å². The molecule has 1 atom stereocenters. The van der Waals surface area contributed by atoms with Gasteiger partial charge in [0, 0.05) is 12.3 Å². The fourth-order valence-corrected chi connectivity index (χ4v) is 2.02. The fraction of sp³-hybridized carbons (Fsp3) is 0.278. The lowest BCUT2D eigenvalue weighted by Gasteiger charge is -2.14. The Labute approximate surface area is 125 Å². The molecule has 0 saturated carbocycles. The van der Waals surface area contributed by atoms with Gasteiger partial charge in [-0.2, -0.15) is 0 Å². The Morgan fingerprint density at radius 1 is 1.19 bits per heavy atom. The van der Waals surface area contributed by atoms with Crippen LogP contribution in [-0.2, 0) is 4.74 Å². The minimum atomic E-state index is -0.683. The third-order valence-electron chi connectivity index (χ3n) is 3.02. The van der Waals surface area contributed by atoms with Gasteiger partial charge in [-0.1, -0.05) is 42.1 Å². The molecule has 0 spiro atoms. The molecule has 1 unspecified atom stereocenters. The van der Waals surface area contributed by atoms with Crippen LogP contribution in [0.2, 0.25) is 0 Å². The van der Waals surface area contributed by atoms with Crippen LogP contribution in [0.25, 0.3) is 10.8 Å². The summed E-state index contributed by atoms with van der Waals surface area (Å²) in [6.07, 6.45) is 1.09. The molecule has 0 aliphatic rings. The van der Waals surface area contributed by atoms with Gasteiger partial charge in [0.15, 0.2) is 0 Å². The van der Waals surface area contributed by atoms with Gasteiger partial charge in [-0.3, -0.25) is 0 Å². The molecule has 3 heteroatoms. The van der Waals surface area contributed by atoms with E-state index >= 15 is 0 Å². The Kier molecular flexibility index (Phi) is 5.44. The molecule has 0 heterocycles. The topological polar surface area (TPSA) is 38.7 Å². The molecule has 0 aliphatic heterocycles. The molecule has 110 valence electrons.